The van der Waals surface area contributed by atoms with Gasteiger partial charge in [-0.25, -0.2) is 9.59 Å². The van der Waals surface area contributed by atoms with Crippen molar-refractivity contribution in [2.45, 2.75) is 6.92 Å². The number of piperazine rings is 1. The van der Waals surface area contributed by atoms with Gasteiger partial charge >= 0.3 is 12.1 Å². The van der Waals surface area contributed by atoms with Gasteiger partial charge in [-0.3, -0.25) is 4.79 Å². The van der Waals surface area contributed by atoms with Gasteiger partial charge in [-0.1, -0.05) is 11.6 Å². The molecule has 0 spiro atoms. The molecule has 0 atom stereocenters. The molecule has 28 heavy (non-hydrogen) atoms. The van der Waals surface area contributed by atoms with Crippen molar-refractivity contribution in [3.63, 3.8) is 0 Å². The lowest BCUT2D eigenvalue weighted by Crippen LogP contribution is -2.51. The Hall–Kier alpha value is -2.68. The van der Waals surface area contributed by atoms with E-state index in [1.54, 1.807) is 6.92 Å². The first kappa shape index (κ1) is 21.6. The highest BCUT2D eigenvalue weighted by atomic mass is 35.5. The number of carbonyl (C=O) groups excluding carboxylic acids is 3. The molecule has 1 saturated heterocycles. The van der Waals surface area contributed by atoms with E-state index in [1.165, 1.54) is 36.2 Å². The van der Waals surface area contributed by atoms with Crippen molar-refractivity contribution < 1.29 is 33.3 Å². The van der Waals surface area contributed by atoms with Crippen LogP contribution in [0.4, 0.5) is 4.79 Å². The third-order valence-electron chi connectivity index (χ3n) is 4.15. The number of ether oxygens (including phenoxy) is 4. The van der Waals surface area contributed by atoms with E-state index in [-0.39, 0.29) is 22.2 Å². The average Bonchev–Trinajstić information content (AvgIpc) is 2.71. The SMILES string of the molecule is CCOC(=O)N1CCN(C(=O)COC(=O)c2cc(Cl)c(OC)c(OC)c2)CC1. The van der Waals surface area contributed by atoms with Gasteiger partial charge in [0.05, 0.1) is 31.4 Å². The first-order valence-electron chi connectivity index (χ1n) is 8.69. The quantitative estimate of drug-likeness (QED) is 0.655. The van der Waals surface area contributed by atoms with Crippen molar-refractivity contribution in [2.24, 2.45) is 0 Å². The molecule has 1 aromatic rings. The fraction of sp³-hybridized carbons (Fsp3) is 0.500. The summed E-state index contributed by atoms with van der Waals surface area (Å²) < 4.78 is 20.3. The third-order valence-corrected chi connectivity index (χ3v) is 4.44. The summed E-state index contributed by atoms with van der Waals surface area (Å²) in [5, 5.41) is 0.190. The Bertz CT molecular complexity index is 733. The summed E-state index contributed by atoms with van der Waals surface area (Å²) in [4.78, 5) is 39.3. The van der Waals surface area contributed by atoms with Gasteiger partial charge in [0.1, 0.15) is 0 Å². The van der Waals surface area contributed by atoms with Crippen LogP contribution in [0.5, 0.6) is 11.5 Å². The molecule has 10 heteroatoms. The Labute approximate surface area is 168 Å². The number of hydrogen-bond acceptors (Lipinski definition) is 7. The molecule has 0 aromatic heterocycles. The van der Waals surface area contributed by atoms with Crippen LogP contribution in [-0.2, 0) is 14.3 Å². The molecule has 9 nitrogen and oxygen atoms in total. The molecule has 1 fully saturated rings. The van der Waals surface area contributed by atoms with Crippen LogP contribution in [0.3, 0.4) is 0 Å². The van der Waals surface area contributed by atoms with Gasteiger partial charge in [0, 0.05) is 26.2 Å². The summed E-state index contributed by atoms with van der Waals surface area (Å²) in [5.74, 6) is -0.468. The number of nitrogens with zero attached hydrogens (tertiary/aromatic N) is 2. The van der Waals surface area contributed by atoms with Crippen LogP contribution in [0.1, 0.15) is 17.3 Å². The zero-order valence-electron chi connectivity index (χ0n) is 16.0. The highest BCUT2D eigenvalue weighted by Gasteiger charge is 2.25. The lowest BCUT2D eigenvalue weighted by Gasteiger charge is -2.33. The van der Waals surface area contributed by atoms with Crippen LogP contribution in [-0.4, -0.2) is 81.4 Å². The second-order valence-electron chi connectivity index (χ2n) is 5.84. The van der Waals surface area contributed by atoms with Gasteiger partial charge in [0.15, 0.2) is 18.1 Å². The number of amides is 2. The Kier molecular flexibility index (Phi) is 7.74. The molecule has 0 aliphatic carbocycles. The van der Waals surface area contributed by atoms with E-state index in [0.29, 0.717) is 38.5 Å². The van der Waals surface area contributed by atoms with E-state index in [9.17, 15) is 14.4 Å². The molecule has 0 unspecified atom stereocenters. The average molecular weight is 415 g/mol. The summed E-state index contributed by atoms with van der Waals surface area (Å²) in [7, 11) is 2.85. The van der Waals surface area contributed by atoms with E-state index >= 15 is 0 Å². The molecule has 0 saturated carbocycles. The molecule has 1 heterocycles. The largest absolute Gasteiger partial charge is 0.493 e. The Balaban J connectivity index is 1.89. The number of esters is 1. The second-order valence-corrected chi connectivity index (χ2v) is 6.24. The number of methoxy groups -OCH3 is 2. The zero-order chi connectivity index (χ0) is 20.7. The molecule has 1 aliphatic rings. The fourth-order valence-corrected chi connectivity index (χ4v) is 2.98. The van der Waals surface area contributed by atoms with E-state index < -0.39 is 18.7 Å². The highest BCUT2D eigenvalue weighted by Crippen LogP contribution is 2.36. The maximum Gasteiger partial charge on any atom is 0.409 e. The smallest absolute Gasteiger partial charge is 0.409 e. The Morgan fingerprint density at radius 1 is 1.00 bits per heavy atom. The summed E-state index contributed by atoms with van der Waals surface area (Å²) in [6.07, 6.45) is -0.397. The van der Waals surface area contributed by atoms with Crippen LogP contribution in [0.15, 0.2) is 12.1 Å². The van der Waals surface area contributed by atoms with E-state index in [1.807, 2.05) is 0 Å². The summed E-state index contributed by atoms with van der Waals surface area (Å²) >= 11 is 6.07. The van der Waals surface area contributed by atoms with Crippen LogP contribution in [0.25, 0.3) is 0 Å². The van der Waals surface area contributed by atoms with Crippen LogP contribution < -0.4 is 9.47 Å². The standard InChI is InChI=1S/C18H23ClN2O7/c1-4-27-18(24)21-7-5-20(6-8-21)15(22)11-28-17(23)12-9-13(19)16(26-3)14(10-12)25-2/h9-10H,4-8,11H2,1-3H3. The van der Waals surface area contributed by atoms with Crippen molar-refractivity contribution >= 4 is 29.6 Å². The van der Waals surface area contributed by atoms with Gasteiger partial charge < -0.3 is 28.7 Å². The summed E-state index contributed by atoms with van der Waals surface area (Å²) in [6, 6.07) is 2.81. The highest BCUT2D eigenvalue weighted by molar-refractivity contribution is 6.32. The maximum absolute atomic E-state index is 12.3. The lowest BCUT2D eigenvalue weighted by atomic mass is 10.2. The van der Waals surface area contributed by atoms with Crippen molar-refractivity contribution in [3.05, 3.63) is 22.7 Å². The number of halogens is 1. The number of carbonyl (C=O) groups is 3. The minimum absolute atomic E-state index is 0.141. The van der Waals surface area contributed by atoms with Crippen molar-refractivity contribution in [2.75, 3.05) is 53.6 Å². The molecular weight excluding hydrogens is 392 g/mol. The molecule has 0 bridgehead atoms. The monoisotopic (exact) mass is 414 g/mol. The van der Waals surface area contributed by atoms with Gasteiger partial charge in [0.2, 0.25) is 0 Å². The predicted octanol–water partition coefficient (Wildman–Crippen LogP) is 1.81. The van der Waals surface area contributed by atoms with Crippen LogP contribution in [0.2, 0.25) is 5.02 Å². The lowest BCUT2D eigenvalue weighted by molar-refractivity contribution is -0.136. The van der Waals surface area contributed by atoms with Gasteiger partial charge in [0.25, 0.3) is 5.91 Å². The van der Waals surface area contributed by atoms with E-state index in [2.05, 4.69) is 0 Å². The third kappa shape index (κ3) is 5.19. The molecular formula is C18H23ClN2O7. The number of rotatable bonds is 6. The van der Waals surface area contributed by atoms with Gasteiger partial charge in [-0.2, -0.15) is 0 Å². The molecule has 1 aromatic carbocycles. The minimum atomic E-state index is -0.707. The molecule has 2 rings (SSSR count). The Morgan fingerprint density at radius 3 is 2.21 bits per heavy atom. The normalized spacial score (nSPS) is 13.7. The maximum atomic E-state index is 12.3. The molecule has 0 radical (unpaired) electrons. The summed E-state index contributed by atoms with van der Waals surface area (Å²) in [5.41, 5.74) is 0.141. The summed E-state index contributed by atoms with van der Waals surface area (Å²) in [6.45, 7) is 3.04. The van der Waals surface area contributed by atoms with Crippen LogP contribution >= 0.6 is 11.6 Å². The predicted molar refractivity (Wildman–Crippen MR) is 100 cm³/mol. The number of hydrogen-bond donors (Lipinski definition) is 0. The molecule has 154 valence electrons. The van der Waals surface area contributed by atoms with Gasteiger partial charge in [-0.05, 0) is 19.1 Å². The second kappa shape index (κ2) is 10.0. The van der Waals surface area contributed by atoms with E-state index in [0.717, 1.165) is 0 Å². The first-order valence-corrected chi connectivity index (χ1v) is 9.07. The van der Waals surface area contributed by atoms with Crippen molar-refractivity contribution in [1.82, 2.24) is 9.80 Å². The molecule has 0 N–H and O–H groups in total. The Morgan fingerprint density at radius 2 is 1.64 bits per heavy atom. The molecule has 1 aliphatic heterocycles. The first-order chi connectivity index (χ1) is 13.4. The van der Waals surface area contributed by atoms with Gasteiger partial charge in [-0.15, -0.1) is 0 Å². The fourth-order valence-electron chi connectivity index (χ4n) is 2.69. The molecule has 2 amide bonds. The number of benzene rings is 1. The van der Waals surface area contributed by atoms with Crippen molar-refractivity contribution in [3.8, 4) is 11.5 Å². The van der Waals surface area contributed by atoms with E-state index in [4.69, 9.17) is 30.5 Å². The van der Waals surface area contributed by atoms with Crippen LogP contribution in [0, 0.1) is 0 Å². The topological polar surface area (TPSA) is 94.6 Å². The zero-order valence-corrected chi connectivity index (χ0v) is 16.8. The van der Waals surface area contributed by atoms with Crippen molar-refractivity contribution in [1.29, 1.82) is 0 Å². The minimum Gasteiger partial charge on any atom is -0.493 e.